The third kappa shape index (κ3) is 2.55. The van der Waals surface area contributed by atoms with E-state index >= 15 is 0 Å². The fourth-order valence-electron chi connectivity index (χ4n) is 1.97. The maximum Gasteiger partial charge on any atom is 0.261 e. The second-order valence-corrected chi connectivity index (χ2v) is 6.40. The molecule has 2 heterocycles. The normalized spacial score (nSPS) is 12.5. The minimum Gasteiger partial charge on any atom is -0.345 e. The maximum absolute atomic E-state index is 12.2. The molecule has 1 amide bonds. The van der Waals surface area contributed by atoms with Gasteiger partial charge >= 0.3 is 0 Å². The van der Waals surface area contributed by atoms with E-state index in [1.165, 1.54) is 9.40 Å². The summed E-state index contributed by atoms with van der Waals surface area (Å²) in [6, 6.07) is 14.0. The van der Waals surface area contributed by atoms with Crippen molar-refractivity contribution in [3.63, 3.8) is 0 Å². The van der Waals surface area contributed by atoms with Gasteiger partial charge in [0.15, 0.2) is 0 Å². The molecule has 1 unspecified atom stereocenters. The Balaban J connectivity index is 1.76. The van der Waals surface area contributed by atoms with E-state index < -0.39 is 0 Å². The largest absolute Gasteiger partial charge is 0.345 e. The highest BCUT2D eigenvalue weighted by Gasteiger charge is 2.14. The number of thiophene rings is 2. The van der Waals surface area contributed by atoms with Gasteiger partial charge in [0.05, 0.1) is 10.9 Å². The van der Waals surface area contributed by atoms with Crippen LogP contribution in [0.5, 0.6) is 0 Å². The molecule has 0 aliphatic heterocycles. The summed E-state index contributed by atoms with van der Waals surface area (Å²) in [5.74, 6) is 0.00440. The van der Waals surface area contributed by atoms with Crippen molar-refractivity contribution in [1.82, 2.24) is 5.32 Å². The van der Waals surface area contributed by atoms with E-state index in [4.69, 9.17) is 0 Å². The average Bonchev–Trinajstić information content (AvgIpc) is 3.00. The molecule has 0 saturated carbocycles. The van der Waals surface area contributed by atoms with E-state index in [1.54, 1.807) is 22.7 Å². The maximum atomic E-state index is 12.2. The lowest BCUT2D eigenvalue weighted by Gasteiger charge is -2.13. The number of hydrogen-bond acceptors (Lipinski definition) is 3. The van der Waals surface area contributed by atoms with Crippen molar-refractivity contribution in [3.8, 4) is 0 Å². The predicted octanol–water partition coefficient (Wildman–Crippen LogP) is 4.45. The number of rotatable bonds is 3. The van der Waals surface area contributed by atoms with Crippen LogP contribution in [0.3, 0.4) is 0 Å². The fraction of sp³-hybridized carbons (Fsp3) is 0.133. The van der Waals surface area contributed by atoms with E-state index in [0.29, 0.717) is 0 Å². The molecule has 3 aromatic rings. The molecular weight excluding hydrogens is 274 g/mol. The molecule has 1 atom stereocenters. The summed E-state index contributed by atoms with van der Waals surface area (Å²) in [6.45, 7) is 2.00. The zero-order valence-corrected chi connectivity index (χ0v) is 12.1. The number of hydrogen-bond donors (Lipinski definition) is 1. The lowest BCUT2D eigenvalue weighted by molar-refractivity contribution is 0.0944. The molecule has 0 saturated heterocycles. The Morgan fingerprint density at radius 3 is 2.68 bits per heavy atom. The first-order valence-corrected chi connectivity index (χ1v) is 7.76. The summed E-state index contributed by atoms with van der Waals surface area (Å²) in [6.07, 6.45) is 0. The number of carbonyl (C=O) groups excluding carboxylic acids is 1. The summed E-state index contributed by atoms with van der Waals surface area (Å²) in [4.78, 5) is 13.0. The van der Waals surface area contributed by atoms with E-state index in [-0.39, 0.29) is 11.9 Å². The zero-order valence-electron chi connectivity index (χ0n) is 10.4. The second kappa shape index (κ2) is 5.15. The summed E-state index contributed by atoms with van der Waals surface area (Å²) in [5.41, 5.74) is 1.12. The molecular formula is C15H13NOS2. The van der Waals surface area contributed by atoms with E-state index in [0.717, 1.165) is 10.4 Å². The Morgan fingerprint density at radius 2 is 1.95 bits per heavy atom. The van der Waals surface area contributed by atoms with Crippen LogP contribution in [0, 0.1) is 0 Å². The number of fused-ring (bicyclic) bond motifs is 1. The summed E-state index contributed by atoms with van der Waals surface area (Å²) >= 11 is 3.22. The van der Waals surface area contributed by atoms with Crippen molar-refractivity contribution in [3.05, 3.63) is 58.3 Å². The van der Waals surface area contributed by atoms with E-state index in [9.17, 15) is 4.79 Å². The standard InChI is InChI=1S/C15H13NOS2/c1-10(11-5-3-2-4-6-11)16-15(17)14-9-13-12(19-14)7-8-18-13/h2-10H,1H3,(H,16,17). The SMILES string of the molecule is CC(NC(=O)c1cc2sccc2s1)c1ccccc1. The third-order valence-corrected chi connectivity index (χ3v) is 5.10. The quantitative estimate of drug-likeness (QED) is 0.757. The van der Waals surface area contributed by atoms with Crippen LogP contribution < -0.4 is 5.32 Å². The lowest BCUT2D eigenvalue weighted by Crippen LogP contribution is -2.25. The molecule has 2 nitrogen and oxygen atoms in total. The van der Waals surface area contributed by atoms with Crippen LogP contribution in [0.4, 0.5) is 0 Å². The van der Waals surface area contributed by atoms with Crippen LogP contribution in [-0.4, -0.2) is 5.91 Å². The molecule has 1 aromatic carbocycles. The Bertz CT molecular complexity index is 671. The number of benzene rings is 1. The van der Waals surface area contributed by atoms with Gasteiger partial charge in [-0.15, -0.1) is 22.7 Å². The molecule has 96 valence electrons. The van der Waals surface area contributed by atoms with Crippen molar-refractivity contribution >= 4 is 38.0 Å². The van der Waals surface area contributed by atoms with E-state index in [2.05, 4.69) is 16.8 Å². The Kier molecular flexibility index (Phi) is 3.36. The fourth-order valence-corrected chi connectivity index (χ4v) is 3.98. The molecule has 0 aliphatic carbocycles. The molecule has 0 radical (unpaired) electrons. The molecule has 0 fully saturated rings. The number of nitrogens with one attached hydrogen (secondary N) is 1. The summed E-state index contributed by atoms with van der Waals surface area (Å²) < 4.78 is 2.37. The van der Waals surface area contributed by atoms with Crippen molar-refractivity contribution in [2.24, 2.45) is 0 Å². The van der Waals surface area contributed by atoms with Gasteiger partial charge in [0, 0.05) is 9.40 Å². The summed E-state index contributed by atoms with van der Waals surface area (Å²) in [5, 5.41) is 5.09. The van der Waals surface area contributed by atoms with Gasteiger partial charge in [0.1, 0.15) is 0 Å². The van der Waals surface area contributed by atoms with Crippen molar-refractivity contribution < 1.29 is 4.79 Å². The van der Waals surface area contributed by atoms with Crippen LogP contribution in [0.1, 0.15) is 28.2 Å². The molecule has 19 heavy (non-hydrogen) atoms. The Hall–Kier alpha value is -1.65. The van der Waals surface area contributed by atoms with Gasteiger partial charge < -0.3 is 5.32 Å². The van der Waals surface area contributed by atoms with Gasteiger partial charge in [0.25, 0.3) is 5.91 Å². The van der Waals surface area contributed by atoms with Crippen molar-refractivity contribution in [2.45, 2.75) is 13.0 Å². The Morgan fingerprint density at radius 1 is 1.16 bits per heavy atom. The molecule has 2 aromatic heterocycles. The minimum absolute atomic E-state index is 0.00440. The monoisotopic (exact) mass is 287 g/mol. The van der Waals surface area contributed by atoms with Crippen molar-refractivity contribution in [2.75, 3.05) is 0 Å². The van der Waals surface area contributed by atoms with E-state index in [1.807, 2.05) is 43.3 Å². The molecule has 0 aliphatic rings. The second-order valence-electron chi connectivity index (χ2n) is 4.37. The van der Waals surface area contributed by atoms with Gasteiger partial charge in [-0.3, -0.25) is 4.79 Å². The zero-order chi connectivity index (χ0) is 13.2. The first kappa shape index (κ1) is 12.4. The number of carbonyl (C=O) groups is 1. The highest BCUT2D eigenvalue weighted by Crippen LogP contribution is 2.30. The smallest absolute Gasteiger partial charge is 0.261 e. The van der Waals surface area contributed by atoms with Crippen LogP contribution in [0.2, 0.25) is 0 Å². The summed E-state index contributed by atoms with van der Waals surface area (Å²) in [7, 11) is 0. The van der Waals surface area contributed by atoms with Gasteiger partial charge in [0.2, 0.25) is 0 Å². The molecule has 0 bridgehead atoms. The Labute approximate surface area is 119 Å². The molecule has 3 rings (SSSR count). The highest BCUT2D eigenvalue weighted by atomic mass is 32.1. The van der Waals surface area contributed by atoms with Crippen LogP contribution in [-0.2, 0) is 0 Å². The lowest BCUT2D eigenvalue weighted by atomic mass is 10.1. The molecule has 4 heteroatoms. The minimum atomic E-state index is 0.00440. The van der Waals surface area contributed by atoms with Crippen LogP contribution in [0.25, 0.3) is 9.40 Å². The molecule has 1 N–H and O–H groups in total. The van der Waals surface area contributed by atoms with Crippen molar-refractivity contribution in [1.29, 1.82) is 0 Å². The third-order valence-electron chi connectivity index (χ3n) is 3.01. The molecule has 0 spiro atoms. The van der Waals surface area contributed by atoms with Gasteiger partial charge in [-0.25, -0.2) is 0 Å². The predicted molar refractivity (Wildman–Crippen MR) is 82.0 cm³/mol. The van der Waals surface area contributed by atoms with Crippen LogP contribution in [0.15, 0.2) is 47.8 Å². The first-order chi connectivity index (χ1) is 9.24. The van der Waals surface area contributed by atoms with Gasteiger partial charge in [-0.05, 0) is 30.0 Å². The average molecular weight is 287 g/mol. The number of amides is 1. The topological polar surface area (TPSA) is 29.1 Å². The van der Waals surface area contributed by atoms with Gasteiger partial charge in [-0.1, -0.05) is 30.3 Å². The first-order valence-electron chi connectivity index (χ1n) is 6.07. The highest BCUT2D eigenvalue weighted by molar-refractivity contribution is 7.27. The van der Waals surface area contributed by atoms with Crippen LogP contribution >= 0.6 is 22.7 Å². The van der Waals surface area contributed by atoms with Gasteiger partial charge in [-0.2, -0.15) is 0 Å².